The third kappa shape index (κ3) is 5.14. The molecule has 92 valence electrons. The summed E-state index contributed by atoms with van der Waals surface area (Å²) in [5.41, 5.74) is -0.814. The molecule has 0 heterocycles. The van der Waals surface area contributed by atoms with E-state index in [2.05, 4.69) is 13.8 Å². The Labute approximate surface area is 93.3 Å². The third-order valence-electron chi connectivity index (χ3n) is 1.93. The monoisotopic (exact) mass is 236 g/mol. The minimum Gasteiger partial charge on any atom is -0.206 e. The van der Waals surface area contributed by atoms with E-state index in [0.717, 1.165) is 12.1 Å². The highest BCUT2D eigenvalue weighted by molar-refractivity contribution is 5.26. The number of hydrogen-bond acceptors (Lipinski definition) is 0. The summed E-state index contributed by atoms with van der Waals surface area (Å²) in [6, 6.07) is 2.90. The fraction of sp³-hybridized carbons (Fsp3) is 0.500. The maximum atomic E-state index is 12.5. The molecule has 0 saturated heterocycles. The lowest BCUT2D eigenvalue weighted by Gasteiger charge is -2.07. The van der Waals surface area contributed by atoms with Gasteiger partial charge >= 0.3 is 6.18 Å². The van der Waals surface area contributed by atoms with Crippen molar-refractivity contribution in [3.05, 3.63) is 35.1 Å². The van der Waals surface area contributed by atoms with Gasteiger partial charge in [0.2, 0.25) is 0 Å². The van der Waals surface area contributed by atoms with Crippen molar-refractivity contribution in [1.82, 2.24) is 0 Å². The molecular formula is C12H16F4. The lowest BCUT2D eigenvalue weighted by molar-refractivity contribution is -0.140. The fourth-order valence-electron chi connectivity index (χ4n) is 0.856. The van der Waals surface area contributed by atoms with E-state index < -0.39 is 17.6 Å². The summed E-state index contributed by atoms with van der Waals surface area (Å²) in [6.07, 6.45) is -1.96. The van der Waals surface area contributed by atoms with Crippen LogP contribution in [0.25, 0.3) is 0 Å². The van der Waals surface area contributed by atoms with E-state index in [1.807, 2.05) is 0 Å². The molecule has 0 aromatic heterocycles. The highest BCUT2D eigenvalue weighted by Crippen LogP contribution is 2.31. The van der Waals surface area contributed by atoms with Crippen LogP contribution in [0.5, 0.6) is 0 Å². The number of benzene rings is 1. The fourth-order valence-corrected chi connectivity index (χ4v) is 0.856. The van der Waals surface area contributed by atoms with Crippen LogP contribution < -0.4 is 0 Å². The van der Waals surface area contributed by atoms with E-state index in [9.17, 15) is 17.6 Å². The molecule has 0 fully saturated rings. The molecule has 0 atom stereocenters. The molecule has 0 aliphatic carbocycles. The highest BCUT2D eigenvalue weighted by atomic mass is 19.4. The van der Waals surface area contributed by atoms with Crippen molar-refractivity contribution in [2.45, 2.75) is 39.8 Å². The lowest BCUT2D eigenvalue weighted by atomic mass is 10.1. The lowest BCUT2D eigenvalue weighted by Crippen LogP contribution is -2.08. The Morgan fingerprint density at radius 1 is 1.06 bits per heavy atom. The Hall–Kier alpha value is -1.06. The number of unbranched alkanes of at least 4 members (excludes halogenated alkanes) is 1. The van der Waals surface area contributed by atoms with Gasteiger partial charge in [-0.1, -0.05) is 38.3 Å². The van der Waals surface area contributed by atoms with Gasteiger partial charge in [0.25, 0.3) is 0 Å². The van der Waals surface area contributed by atoms with Crippen LogP contribution in [0.4, 0.5) is 17.6 Å². The zero-order valence-corrected chi connectivity index (χ0v) is 9.66. The van der Waals surface area contributed by atoms with E-state index >= 15 is 0 Å². The van der Waals surface area contributed by atoms with Crippen LogP contribution in [0, 0.1) is 12.7 Å². The summed E-state index contributed by atoms with van der Waals surface area (Å²) in [5.74, 6) is -1.23. The van der Waals surface area contributed by atoms with Gasteiger partial charge in [-0.3, -0.25) is 0 Å². The van der Waals surface area contributed by atoms with Crippen molar-refractivity contribution in [3.8, 4) is 0 Å². The van der Waals surface area contributed by atoms with Gasteiger partial charge in [0.1, 0.15) is 5.82 Å². The van der Waals surface area contributed by atoms with Crippen LogP contribution in [-0.4, -0.2) is 0 Å². The van der Waals surface area contributed by atoms with Crippen LogP contribution in [0.15, 0.2) is 18.2 Å². The zero-order chi connectivity index (χ0) is 12.8. The third-order valence-corrected chi connectivity index (χ3v) is 1.93. The molecule has 0 amide bonds. The van der Waals surface area contributed by atoms with E-state index in [1.54, 1.807) is 0 Å². The second kappa shape index (κ2) is 6.51. The maximum absolute atomic E-state index is 12.5. The second-order valence-corrected chi connectivity index (χ2v) is 3.48. The first-order valence-electron chi connectivity index (χ1n) is 5.16. The molecule has 0 nitrogen and oxygen atoms in total. The Balaban J connectivity index is 0.000000487. The first kappa shape index (κ1) is 14.9. The number of alkyl halides is 3. The molecule has 0 unspecified atom stereocenters. The van der Waals surface area contributed by atoms with Crippen LogP contribution in [-0.2, 0) is 6.18 Å². The summed E-state index contributed by atoms with van der Waals surface area (Å²) in [7, 11) is 0. The summed E-state index contributed by atoms with van der Waals surface area (Å²) >= 11 is 0. The van der Waals surface area contributed by atoms with Crippen molar-refractivity contribution in [2.24, 2.45) is 0 Å². The van der Waals surface area contributed by atoms with E-state index in [-0.39, 0.29) is 0 Å². The molecule has 0 aliphatic heterocycles. The number of halogens is 4. The van der Waals surface area contributed by atoms with Crippen molar-refractivity contribution in [3.63, 3.8) is 0 Å². The maximum Gasteiger partial charge on any atom is 0.419 e. The van der Waals surface area contributed by atoms with Gasteiger partial charge < -0.3 is 0 Å². The van der Waals surface area contributed by atoms with E-state index in [4.69, 9.17) is 0 Å². The topological polar surface area (TPSA) is 0 Å². The summed E-state index contributed by atoms with van der Waals surface area (Å²) in [4.78, 5) is 0. The Morgan fingerprint density at radius 2 is 1.56 bits per heavy atom. The Morgan fingerprint density at radius 3 is 1.88 bits per heavy atom. The minimum atomic E-state index is -4.60. The zero-order valence-electron chi connectivity index (χ0n) is 9.66. The molecule has 0 spiro atoms. The molecule has 1 rings (SSSR count). The molecule has 16 heavy (non-hydrogen) atoms. The van der Waals surface area contributed by atoms with Crippen molar-refractivity contribution in [1.29, 1.82) is 0 Å². The van der Waals surface area contributed by atoms with Gasteiger partial charge in [0.05, 0.1) is 5.56 Å². The molecule has 4 heteroatoms. The van der Waals surface area contributed by atoms with Crippen molar-refractivity contribution >= 4 is 0 Å². The van der Waals surface area contributed by atoms with Crippen LogP contribution in [0.1, 0.15) is 37.8 Å². The van der Waals surface area contributed by atoms with Crippen LogP contribution >= 0.6 is 0 Å². The first-order valence-corrected chi connectivity index (χ1v) is 5.16. The van der Waals surface area contributed by atoms with E-state index in [0.29, 0.717) is 5.56 Å². The second-order valence-electron chi connectivity index (χ2n) is 3.48. The predicted octanol–water partition coefficient (Wildman–Crippen LogP) is 4.96. The average Bonchev–Trinajstić information content (AvgIpc) is 2.20. The molecule has 1 aromatic rings. The molecule has 0 saturated carbocycles. The molecule has 0 aliphatic rings. The largest absolute Gasteiger partial charge is 0.419 e. The normalized spacial score (nSPS) is 10.7. The van der Waals surface area contributed by atoms with Gasteiger partial charge in [0, 0.05) is 0 Å². The van der Waals surface area contributed by atoms with Gasteiger partial charge in [-0.05, 0) is 19.1 Å². The Kier molecular flexibility index (Phi) is 6.08. The van der Waals surface area contributed by atoms with Crippen LogP contribution in [0.3, 0.4) is 0 Å². The molecule has 0 radical (unpaired) electrons. The Bertz CT molecular complexity index is 313. The highest BCUT2D eigenvalue weighted by Gasteiger charge is 2.33. The molecular weight excluding hydrogens is 220 g/mol. The summed E-state index contributed by atoms with van der Waals surface area (Å²) in [6.45, 7) is 5.84. The molecule has 1 aromatic carbocycles. The number of aryl methyl sites for hydroxylation is 1. The quantitative estimate of drug-likeness (QED) is 0.604. The SMILES string of the molecule is CCCC.Cc1ccc(F)c(C(F)(F)F)c1. The molecule has 0 N–H and O–H groups in total. The van der Waals surface area contributed by atoms with E-state index in [1.165, 1.54) is 25.8 Å². The smallest absolute Gasteiger partial charge is 0.206 e. The summed E-state index contributed by atoms with van der Waals surface area (Å²) < 4.78 is 48.5. The summed E-state index contributed by atoms with van der Waals surface area (Å²) in [5, 5.41) is 0. The average molecular weight is 236 g/mol. The van der Waals surface area contributed by atoms with Crippen molar-refractivity contribution < 1.29 is 17.6 Å². The van der Waals surface area contributed by atoms with Gasteiger partial charge in [-0.2, -0.15) is 13.2 Å². The van der Waals surface area contributed by atoms with Gasteiger partial charge in [-0.15, -0.1) is 0 Å². The van der Waals surface area contributed by atoms with Gasteiger partial charge in [0.15, 0.2) is 0 Å². The van der Waals surface area contributed by atoms with Crippen LogP contribution in [0.2, 0.25) is 0 Å². The molecule has 0 bridgehead atoms. The van der Waals surface area contributed by atoms with Crippen molar-refractivity contribution in [2.75, 3.05) is 0 Å². The predicted molar refractivity (Wildman–Crippen MR) is 56.7 cm³/mol. The number of rotatable bonds is 1. The number of hydrogen-bond donors (Lipinski definition) is 0. The van der Waals surface area contributed by atoms with Gasteiger partial charge in [-0.25, -0.2) is 4.39 Å². The minimum absolute atomic E-state index is 0.392. The first-order chi connectivity index (χ1) is 7.32. The standard InChI is InChI=1S/C8H6F4.C4H10/c1-5-2-3-7(9)6(4-5)8(10,11)12;1-3-4-2/h2-4H,1H3;3-4H2,1-2H3.